The molecule has 1 saturated heterocycles. The average molecular weight is 261 g/mol. The fourth-order valence-corrected chi connectivity index (χ4v) is 3.72. The van der Waals surface area contributed by atoms with Crippen molar-refractivity contribution >= 4 is 5.82 Å². The molecular formula is C16H27N3. The van der Waals surface area contributed by atoms with Gasteiger partial charge in [0.05, 0.1) is 5.69 Å². The summed E-state index contributed by atoms with van der Waals surface area (Å²) in [5, 5.41) is 8.51. The second-order valence-electron chi connectivity index (χ2n) is 7.65. The van der Waals surface area contributed by atoms with Crippen molar-refractivity contribution in [2.24, 2.45) is 16.7 Å². The lowest BCUT2D eigenvalue weighted by molar-refractivity contribution is 0.0650. The second kappa shape index (κ2) is 4.77. The van der Waals surface area contributed by atoms with E-state index < -0.39 is 0 Å². The van der Waals surface area contributed by atoms with Crippen molar-refractivity contribution < 1.29 is 0 Å². The van der Waals surface area contributed by atoms with Gasteiger partial charge in [-0.3, -0.25) is 0 Å². The van der Waals surface area contributed by atoms with Crippen LogP contribution in [0.15, 0.2) is 12.1 Å². The minimum Gasteiger partial charge on any atom is -0.355 e. The minimum atomic E-state index is 0.309. The number of rotatable bonds is 1. The first-order valence-electron chi connectivity index (χ1n) is 7.25. The van der Waals surface area contributed by atoms with Crippen LogP contribution in [0.1, 0.15) is 46.7 Å². The van der Waals surface area contributed by atoms with E-state index in [9.17, 15) is 0 Å². The summed E-state index contributed by atoms with van der Waals surface area (Å²) in [5.74, 6) is 1.76. The quantitative estimate of drug-likeness (QED) is 0.772. The molecule has 0 radical (unpaired) electrons. The molecule has 1 aliphatic rings. The van der Waals surface area contributed by atoms with Crippen LogP contribution >= 0.6 is 0 Å². The predicted octanol–water partition coefficient (Wildman–Crippen LogP) is 3.68. The highest BCUT2D eigenvalue weighted by molar-refractivity contribution is 5.38. The van der Waals surface area contributed by atoms with Crippen molar-refractivity contribution in [2.75, 3.05) is 18.0 Å². The molecule has 1 aliphatic heterocycles. The maximum Gasteiger partial charge on any atom is 0.151 e. The highest BCUT2D eigenvalue weighted by Gasteiger charge is 2.42. The first-order valence-corrected chi connectivity index (χ1v) is 7.25. The van der Waals surface area contributed by atoms with Crippen molar-refractivity contribution in [1.82, 2.24) is 10.2 Å². The van der Waals surface area contributed by atoms with Crippen molar-refractivity contribution in [3.05, 3.63) is 17.8 Å². The molecule has 0 bridgehead atoms. The highest BCUT2D eigenvalue weighted by atomic mass is 15.3. The van der Waals surface area contributed by atoms with E-state index in [1.807, 2.05) is 13.0 Å². The molecule has 0 aliphatic carbocycles. The topological polar surface area (TPSA) is 29.0 Å². The summed E-state index contributed by atoms with van der Waals surface area (Å²) >= 11 is 0. The van der Waals surface area contributed by atoms with E-state index >= 15 is 0 Å². The van der Waals surface area contributed by atoms with Crippen LogP contribution in [0.2, 0.25) is 0 Å². The van der Waals surface area contributed by atoms with E-state index in [0.717, 1.165) is 30.5 Å². The number of hydrogen-bond donors (Lipinski definition) is 0. The number of hydrogen-bond acceptors (Lipinski definition) is 3. The van der Waals surface area contributed by atoms with Crippen LogP contribution in [-0.2, 0) is 0 Å². The van der Waals surface area contributed by atoms with E-state index in [1.54, 1.807) is 0 Å². The Balaban J connectivity index is 2.16. The van der Waals surface area contributed by atoms with E-state index in [0.29, 0.717) is 10.8 Å². The molecule has 19 heavy (non-hydrogen) atoms. The Labute approximate surface area is 117 Å². The SMILES string of the molecule is Cc1ccc(N2CCC(C(C)(C)C)C(C)(C)C2)nn1. The van der Waals surface area contributed by atoms with Crippen LogP contribution in [0, 0.1) is 23.7 Å². The van der Waals surface area contributed by atoms with Gasteiger partial charge >= 0.3 is 0 Å². The van der Waals surface area contributed by atoms with Crippen LogP contribution in [0.3, 0.4) is 0 Å². The lowest BCUT2D eigenvalue weighted by Gasteiger charge is -2.50. The fourth-order valence-electron chi connectivity index (χ4n) is 3.72. The van der Waals surface area contributed by atoms with Crippen molar-refractivity contribution in [3.8, 4) is 0 Å². The number of aryl methyl sites for hydroxylation is 1. The number of piperidine rings is 1. The second-order valence-corrected chi connectivity index (χ2v) is 7.65. The van der Waals surface area contributed by atoms with Gasteiger partial charge in [0.2, 0.25) is 0 Å². The monoisotopic (exact) mass is 261 g/mol. The molecule has 0 saturated carbocycles. The average Bonchev–Trinajstić information content (AvgIpc) is 2.26. The molecule has 1 aromatic heterocycles. The number of nitrogens with zero attached hydrogens (tertiary/aromatic N) is 3. The van der Waals surface area contributed by atoms with Gasteiger partial charge in [-0.05, 0) is 42.2 Å². The lowest BCUT2D eigenvalue weighted by Crippen LogP contribution is -2.50. The molecule has 0 amide bonds. The molecule has 1 atom stereocenters. The van der Waals surface area contributed by atoms with Gasteiger partial charge in [-0.2, -0.15) is 5.10 Å². The molecule has 1 fully saturated rings. The largest absolute Gasteiger partial charge is 0.355 e. The van der Waals surface area contributed by atoms with E-state index in [2.05, 4.69) is 55.8 Å². The molecule has 106 valence electrons. The molecule has 3 heteroatoms. The maximum absolute atomic E-state index is 4.33. The van der Waals surface area contributed by atoms with E-state index in [4.69, 9.17) is 0 Å². The fraction of sp³-hybridized carbons (Fsp3) is 0.750. The van der Waals surface area contributed by atoms with Crippen LogP contribution < -0.4 is 4.90 Å². The Bertz CT molecular complexity index is 428. The number of anilines is 1. The summed E-state index contributed by atoms with van der Waals surface area (Å²) in [6, 6.07) is 4.14. The van der Waals surface area contributed by atoms with Gasteiger partial charge < -0.3 is 4.90 Å². The standard InChI is InChI=1S/C16H27N3/c1-12-7-8-14(18-17-12)19-10-9-13(15(2,3)4)16(5,6)11-19/h7-8,13H,9-11H2,1-6H3. The van der Waals surface area contributed by atoms with Crippen LogP contribution in [0.5, 0.6) is 0 Å². The summed E-state index contributed by atoms with van der Waals surface area (Å²) < 4.78 is 0. The molecule has 0 spiro atoms. The molecular weight excluding hydrogens is 234 g/mol. The van der Waals surface area contributed by atoms with Crippen molar-refractivity contribution in [2.45, 2.75) is 48.0 Å². The van der Waals surface area contributed by atoms with Crippen LogP contribution in [-0.4, -0.2) is 23.3 Å². The highest BCUT2D eigenvalue weighted by Crippen LogP contribution is 2.45. The van der Waals surface area contributed by atoms with Crippen LogP contribution in [0.4, 0.5) is 5.82 Å². The van der Waals surface area contributed by atoms with Gasteiger partial charge in [0.1, 0.15) is 0 Å². The van der Waals surface area contributed by atoms with Gasteiger partial charge in [-0.15, -0.1) is 5.10 Å². The third kappa shape index (κ3) is 3.07. The summed E-state index contributed by atoms with van der Waals surface area (Å²) in [4.78, 5) is 2.38. The summed E-state index contributed by atoms with van der Waals surface area (Å²) in [7, 11) is 0. The maximum atomic E-state index is 4.33. The zero-order valence-electron chi connectivity index (χ0n) is 13.2. The first kappa shape index (κ1) is 14.3. The normalized spacial score (nSPS) is 23.5. The van der Waals surface area contributed by atoms with Gasteiger partial charge in [0.25, 0.3) is 0 Å². The summed E-state index contributed by atoms with van der Waals surface area (Å²) in [6.45, 7) is 16.0. The predicted molar refractivity (Wildman–Crippen MR) is 80.3 cm³/mol. The molecule has 3 nitrogen and oxygen atoms in total. The first-order chi connectivity index (χ1) is 8.70. The Hall–Kier alpha value is -1.12. The Morgan fingerprint density at radius 2 is 1.89 bits per heavy atom. The Kier molecular flexibility index (Phi) is 3.59. The van der Waals surface area contributed by atoms with E-state index in [1.165, 1.54) is 6.42 Å². The minimum absolute atomic E-state index is 0.309. The van der Waals surface area contributed by atoms with Crippen LogP contribution in [0.25, 0.3) is 0 Å². The zero-order valence-corrected chi connectivity index (χ0v) is 13.2. The van der Waals surface area contributed by atoms with Gasteiger partial charge in [-0.25, -0.2) is 0 Å². The van der Waals surface area contributed by atoms with Gasteiger partial charge in [0, 0.05) is 13.1 Å². The smallest absolute Gasteiger partial charge is 0.151 e. The Morgan fingerprint density at radius 1 is 1.21 bits per heavy atom. The summed E-state index contributed by atoms with van der Waals surface area (Å²) in [5.41, 5.74) is 1.66. The lowest BCUT2D eigenvalue weighted by atomic mass is 9.62. The molecule has 1 aromatic rings. The molecule has 2 rings (SSSR count). The van der Waals surface area contributed by atoms with Crippen molar-refractivity contribution in [1.29, 1.82) is 0 Å². The molecule has 1 unspecified atom stereocenters. The van der Waals surface area contributed by atoms with Crippen molar-refractivity contribution in [3.63, 3.8) is 0 Å². The third-order valence-electron chi connectivity index (χ3n) is 4.38. The molecule has 0 aromatic carbocycles. The molecule has 0 N–H and O–H groups in total. The Morgan fingerprint density at radius 3 is 2.37 bits per heavy atom. The third-order valence-corrected chi connectivity index (χ3v) is 4.38. The zero-order chi connectivity index (χ0) is 14.3. The number of aromatic nitrogens is 2. The summed E-state index contributed by atoms with van der Waals surface area (Å²) in [6.07, 6.45) is 1.23. The van der Waals surface area contributed by atoms with Gasteiger partial charge in [-0.1, -0.05) is 34.6 Å². The van der Waals surface area contributed by atoms with Gasteiger partial charge in [0.15, 0.2) is 5.82 Å². The van der Waals surface area contributed by atoms with E-state index in [-0.39, 0.29) is 0 Å². The molecule has 2 heterocycles.